The molecule has 0 bridgehead atoms. The van der Waals surface area contributed by atoms with Crippen molar-refractivity contribution >= 4 is 17.5 Å². The highest BCUT2D eigenvalue weighted by atomic mass is 32.2. The van der Waals surface area contributed by atoms with Crippen LogP contribution in [0, 0.1) is 0 Å². The summed E-state index contributed by atoms with van der Waals surface area (Å²) in [6.07, 6.45) is 0. The van der Waals surface area contributed by atoms with Crippen LogP contribution in [-0.2, 0) is 0 Å². The van der Waals surface area contributed by atoms with Crippen molar-refractivity contribution in [3.63, 3.8) is 0 Å². The molecular weight excluding hydrogens is 237 g/mol. The van der Waals surface area contributed by atoms with E-state index in [9.17, 15) is 18.0 Å². The van der Waals surface area contributed by atoms with Crippen LogP contribution in [0.1, 0.15) is 17.3 Å². The number of carbonyl (C=O) groups excluding carboxylic acids is 1. The molecule has 0 aliphatic carbocycles. The third-order valence-corrected chi connectivity index (χ3v) is 2.48. The second kappa shape index (κ2) is 4.74. The molecule has 16 heavy (non-hydrogen) atoms. The predicted molar refractivity (Wildman–Crippen MR) is 57.5 cm³/mol. The summed E-state index contributed by atoms with van der Waals surface area (Å²) in [5.74, 6) is -0.261. The Morgan fingerprint density at radius 1 is 1.25 bits per heavy atom. The zero-order valence-corrected chi connectivity index (χ0v) is 9.28. The molecule has 5 heteroatoms. The van der Waals surface area contributed by atoms with Gasteiger partial charge in [0, 0.05) is 10.5 Å². The lowest BCUT2D eigenvalue weighted by atomic mass is 10.1. The molecule has 0 saturated heterocycles. The lowest BCUT2D eigenvalue weighted by Gasteiger charge is -2.06. The maximum Gasteiger partial charge on any atom is 0.446 e. The van der Waals surface area contributed by atoms with Gasteiger partial charge in [0.2, 0.25) is 0 Å². The average Bonchev–Trinajstić information content (AvgIpc) is 2.15. The standard InChI is InChI=1S/C11H9F3OS/c1-7(2)10(15)8-3-5-9(6-4-8)16-11(12,13)14/h3-6H,1H2,2H3. The number of Topliss-reactive ketones (excluding diaryl/α,β-unsaturated/α-hetero) is 1. The quantitative estimate of drug-likeness (QED) is 0.454. The number of ketones is 1. The van der Waals surface area contributed by atoms with E-state index in [2.05, 4.69) is 6.58 Å². The number of hydrogen-bond donors (Lipinski definition) is 0. The molecule has 0 amide bonds. The van der Waals surface area contributed by atoms with Gasteiger partial charge in [-0.3, -0.25) is 4.79 Å². The molecule has 86 valence electrons. The molecule has 0 aromatic heterocycles. The van der Waals surface area contributed by atoms with E-state index < -0.39 is 5.51 Å². The van der Waals surface area contributed by atoms with Crippen LogP contribution >= 0.6 is 11.8 Å². The molecule has 0 radical (unpaired) electrons. The van der Waals surface area contributed by atoms with Crippen molar-refractivity contribution in [2.75, 3.05) is 0 Å². The molecule has 0 aliphatic heterocycles. The fraction of sp³-hybridized carbons (Fsp3) is 0.182. The minimum atomic E-state index is -4.31. The van der Waals surface area contributed by atoms with Gasteiger partial charge in [0.05, 0.1) is 0 Å². The second-order valence-electron chi connectivity index (χ2n) is 3.18. The summed E-state index contributed by atoms with van der Waals surface area (Å²) in [5, 5.41) is 0. The van der Waals surface area contributed by atoms with E-state index in [0.717, 1.165) is 0 Å². The largest absolute Gasteiger partial charge is 0.446 e. The summed E-state index contributed by atoms with van der Waals surface area (Å²) >= 11 is -0.204. The van der Waals surface area contributed by atoms with E-state index in [4.69, 9.17) is 0 Å². The highest BCUT2D eigenvalue weighted by Gasteiger charge is 2.29. The number of thioether (sulfide) groups is 1. The van der Waals surface area contributed by atoms with Gasteiger partial charge in [-0.2, -0.15) is 13.2 Å². The van der Waals surface area contributed by atoms with E-state index in [1.165, 1.54) is 24.3 Å². The molecule has 0 saturated carbocycles. The van der Waals surface area contributed by atoms with Crippen molar-refractivity contribution in [2.24, 2.45) is 0 Å². The zero-order valence-electron chi connectivity index (χ0n) is 8.47. The molecule has 0 heterocycles. The summed E-state index contributed by atoms with van der Waals surface area (Å²) in [7, 11) is 0. The first kappa shape index (κ1) is 12.8. The Kier molecular flexibility index (Phi) is 3.80. The zero-order chi connectivity index (χ0) is 12.3. The van der Waals surface area contributed by atoms with Gasteiger partial charge in [0.1, 0.15) is 0 Å². The van der Waals surface area contributed by atoms with Crippen LogP contribution in [-0.4, -0.2) is 11.3 Å². The van der Waals surface area contributed by atoms with Crippen molar-refractivity contribution in [2.45, 2.75) is 17.3 Å². The lowest BCUT2D eigenvalue weighted by molar-refractivity contribution is -0.0328. The Morgan fingerprint density at radius 2 is 1.75 bits per heavy atom. The van der Waals surface area contributed by atoms with Gasteiger partial charge in [-0.25, -0.2) is 0 Å². The van der Waals surface area contributed by atoms with Crippen LogP contribution in [0.3, 0.4) is 0 Å². The lowest BCUT2D eigenvalue weighted by Crippen LogP contribution is -2.01. The number of carbonyl (C=O) groups is 1. The molecule has 0 unspecified atom stereocenters. The molecule has 0 spiro atoms. The van der Waals surface area contributed by atoms with Gasteiger partial charge in [-0.15, -0.1) is 0 Å². The summed E-state index contributed by atoms with van der Waals surface area (Å²) in [6, 6.07) is 5.28. The maximum absolute atomic E-state index is 12.0. The Labute approximate surface area is 95.3 Å². The van der Waals surface area contributed by atoms with Gasteiger partial charge in [-0.1, -0.05) is 6.58 Å². The topological polar surface area (TPSA) is 17.1 Å². The van der Waals surface area contributed by atoms with Gasteiger partial charge >= 0.3 is 5.51 Å². The second-order valence-corrected chi connectivity index (χ2v) is 4.32. The van der Waals surface area contributed by atoms with E-state index in [-0.39, 0.29) is 22.4 Å². The number of benzene rings is 1. The molecule has 0 atom stereocenters. The summed E-state index contributed by atoms with van der Waals surface area (Å²) < 4.78 is 36.0. The van der Waals surface area contributed by atoms with E-state index in [0.29, 0.717) is 11.1 Å². The minimum Gasteiger partial charge on any atom is -0.289 e. The van der Waals surface area contributed by atoms with Crippen LogP contribution in [0.25, 0.3) is 0 Å². The summed E-state index contributed by atoms with van der Waals surface area (Å²) in [6.45, 7) is 5.03. The normalized spacial score (nSPS) is 11.2. The van der Waals surface area contributed by atoms with Crippen molar-refractivity contribution in [3.8, 4) is 0 Å². The fourth-order valence-electron chi connectivity index (χ4n) is 1.05. The molecule has 1 aromatic carbocycles. The fourth-order valence-corrected chi connectivity index (χ4v) is 1.59. The van der Waals surface area contributed by atoms with Crippen LogP contribution in [0.15, 0.2) is 41.3 Å². The third kappa shape index (κ3) is 3.73. The highest BCUT2D eigenvalue weighted by molar-refractivity contribution is 8.00. The third-order valence-electron chi connectivity index (χ3n) is 1.74. The first-order valence-corrected chi connectivity index (χ1v) is 5.17. The molecule has 1 aromatic rings. The molecule has 1 rings (SSSR count). The molecule has 0 aliphatic rings. The van der Waals surface area contributed by atoms with Gasteiger partial charge in [-0.05, 0) is 48.5 Å². The van der Waals surface area contributed by atoms with E-state index in [1.54, 1.807) is 6.92 Å². The molecule has 0 fully saturated rings. The molecular formula is C11H9F3OS. The number of halogens is 3. The first-order valence-electron chi connectivity index (χ1n) is 4.35. The summed E-state index contributed by atoms with van der Waals surface area (Å²) in [5.41, 5.74) is -3.60. The number of alkyl halides is 3. The van der Waals surface area contributed by atoms with Gasteiger partial charge in [0.25, 0.3) is 0 Å². The van der Waals surface area contributed by atoms with Crippen molar-refractivity contribution < 1.29 is 18.0 Å². The average molecular weight is 246 g/mol. The summed E-state index contributed by atoms with van der Waals surface area (Å²) in [4.78, 5) is 11.5. The minimum absolute atomic E-state index is 0.0609. The predicted octanol–water partition coefficient (Wildman–Crippen LogP) is 4.06. The van der Waals surface area contributed by atoms with Crippen LogP contribution < -0.4 is 0 Å². The van der Waals surface area contributed by atoms with Crippen molar-refractivity contribution in [3.05, 3.63) is 42.0 Å². The molecule has 1 nitrogen and oxygen atoms in total. The van der Waals surface area contributed by atoms with Gasteiger partial charge < -0.3 is 0 Å². The Bertz CT molecular complexity index is 406. The monoisotopic (exact) mass is 246 g/mol. The Morgan fingerprint density at radius 3 is 2.12 bits per heavy atom. The van der Waals surface area contributed by atoms with Crippen LogP contribution in [0.2, 0.25) is 0 Å². The first-order chi connectivity index (χ1) is 7.29. The van der Waals surface area contributed by atoms with Crippen molar-refractivity contribution in [1.29, 1.82) is 0 Å². The number of hydrogen-bond acceptors (Lipinski definition) is 2. The Hall–Kier alpha value is -1.23. The number of rotatable bonds is 3. The Balaban J connectivity index is 2.84. The highest BCUT2D eigenvalue weighted by Crippen LogP contribution is 2.36. The van der Waals surface area contributed by atoms with Crippen molar-refractivity contribution in [1.82, 2.24) is 0 Å². The van der Waals surface area contributed by atoms with E-state index in [1.807, 2.05) is 0 Å². The van der Waals surface area contributed by atoms with E-state index >= 15 is 0 Å². The number of allylic oxidation sites excluding steroid dienone is 1. The SMILES string of the molecule is C=C(C)C(=O)c1ccc(SC(F)(F)F)cc1. The van der Waals surface area contributed by atoms with Gasteiger partial charge in [0.15, 0.2) is 5.78 Å². The van der Waals surface area contributed by atoms with Crippen LogP contribution in [0.5, 0.6) is 0 Å². The molecule has 0 N–H and O–H groups in total. The van der Waals surface area contributed by atoms with Crippen LogP contribution in [0.4, 0.5) is 13.2 Å². The smallest absolute Gasteiger partial charge is 0.289 e. The maximum atomic E-state index is 12.0.